The van der Waals surface area contributed by atoms with Crippen LogP contribution in [0.4, 0.5) is 0 Å². The molecule has 5 nitrogen and oxygen atoms in total. The normalized spacial score (nSPS) is 26.0. The van der Waals surface area contributed by atoms with Crippen molar-refractivity contribution in [1.82, 2.24) is 9.88 Å². The molecule has 2 fully saturated rings. The van der Waals surface area contributed by atoms with Crippen LogP contribution in [-0.4, -0.2) is 41.6 Å². The molecule has 3 heterocycles. The Balaban J connectivity index is 1.71. The van der Waals surface area contributed by atoms with Crippen molar-refractivity contribution in [3.8, 4) is 0 Å². The van der Waals surface area contributed by atoms with Crippen molar-refractivity contribution < 1.29 is 14.3 Å². The van der Waals surface area contributed by atoms with Crippen molar-refractivity contribution in [1.29, 1.82) is 0 Å². The molecule has 6 heteroatoms. The van der Waals surface area contributed by atoms with Gasteiger partial charge in [0, 0.05) is 12.6 Å². The van der Waals surface area contributed by atoms with Gasteiger partial charge in [0.15, 0.2) is 0 Å². The minimum atomic E-state index is -0.396. The smallest absolute Gasteiger partial charge is 0.265 e. The lowest BCUT2D eigenvalue weighted by Gasteiger charge is -2.52. The number of aromatic nitrogens is 1. The van der Waals surface area contributed by atoms with Crippen LogP contribution in [0.15, 0.2) is 6.20 Å². The van der Waals surface area contributed by atoms with Gasteiger partial charge in [-0.1, -0.05) is 27.7 Å². The quantitative estimate of drug-likeness (QED) is 0.854. The van der Waals surface area contributed by atoms with Gasteiger partial charge in [-0.3, -0.25) is 4.79 Å². The average Bonchev–Trinajstić information content (AvgIpc) is 3.07. The maximum atomic E-state index is 12.8. The second-order valence-electron chi connectivity index (χ2n) is 6.74. The SMILES string of the molecule is CC(C)[C@@H]1[C@H](C(C)C)CN1C(=O)c1cnc(C2OCCO2)s1. The Hall–Kier alpha value is -0.980. The Morgan fingerprint density at radius 2 is 1.95 bits per heavy atom. The number of rotatable bonds is 4. The Kier molecular flexibility index (Phi) is 4.52. The second-order valence-corrected chi connectivity index (χ2v) is 7.80. The lowest BCUT2D eigenvalue weighted by Crippen LogP contribution is -2.62. The summed E-state index contributed by atoms with van der Waals surface area (Å²) in [6.45, 7) is 10.9. The molecule has 1 aromatic heterocycles. The highest BCUT2D eigenvalue weighted by atomic mass is 32.1. The number of amides is 1. The van der Waals surface area contributed by atoms with E-state index in [1.807, 2.05) is 4.90 Å². The molecule has 22 heavy (non-hydrogen) atoms. The molecule has 1 aromatic rings. The van der Waals surface area contributed by atoms with Gasteiger partial charge >= 0.3 is 0 Å². The van der Waals surface area contributed by atoms with Crippen molar-refractivity contribution in [2.45, 2.75) is 40.0 Å². The van der Waals surface area contributed by atoms with Crippen LogP contribution in [-0.2, 0) is 9.47 Å². The topological polar surface area (TPSA) is 51.7 Å². The zero-order chi connectivity index (χ0) is 15.9. The van der Waals surface area contributed by atoms with Gasteiger partial charge in [-0.2, -0.15) is 0 Å². The Morgan fingerprint density at radius 1 is 1.27 bits per heavy atom. The average molecular weight is 324 g/mol. The highest BCUT2D eigenvalue weighted by Gasteiger charge is 2.45. The summed E-state index contributed by atoms with van der Waals surface area (Å²) >= 11 is 1.39. The van der Waals surface area contributed by atoms with Gasteiger partial charge in [0.1, 0.15) is 9.88 Å². The zero-order valence-corrected chi connectivity index (χ0v) is 14.4. The van der Waals surface area contributed by atoms with Crippen LogP contribution in [0.2, 0.25) is 0 Å². The van der Waals surface area contributed by atoms with Crippen molar-refractivity contribution >= 4 is 17.2 Å². The van der Waals surface area contributed by atoms with Gasteiger partial charge in [0.25, 0.3) is 5.91 Å². The van der Waals surface area contributed by atoms with E-state index in [2.05, 4.69) is 32.7 Å². The maximum Gasteiger partial charge on any atom is 0.265 e. The van der Waals surface area contributed by atoms with Gasteiger partial charge in [0.05, 0.1) is 19.4 Å². The molecule has 0 aromatic carbocycles. The fourth-order valence-corrected chi connectivity index (χ4v) is 4.24. The molecule has 3 rings (SSSR count). The summed E-state index contributed by atoms with van der Waals surface area (Å²) in [6, 6.07) is 0.331. The molecule has 0 bridgehead atoms. The van der Waals surface area contributed by atoms with E-state index in [1.54, 1.807) is 6.20 Å². The van der Waals surface area contributed by atoms with Gasteiger partial charge < -0.3 is 14.4 Å². The van der Waals surface area contributed by atoms with Gasteiger partial charge in [-0.05, 0) is 17.8 Å². The lowest BCUT2D eigenvalue weighted by atomic mass is 9.74. The van der Waals surface area contributed by atoms with Gasteiger partial charge in [-0.25, -0.2) is 4.98 Å². The molecule has 0 unspecified atom stereocenters. The molecule has 2 aliphatic heterocycles. The number of nitrogens with zero attached hydrogens (tertiary/aromatic N) is 2. The summed E-state index contributed by atoms with van der Waals surface area (Å²) in [6.07, 6.45) is 1.26. The van der Waals surface area contributed by atoms with Crippen LogP contribution in [0.25, 0.3) is 0 Å². The summed E-state index contributed by atoms with van der Waals surface area (Å²) in [5.41, 5.74) is 0. The summed E-state index contributed by atoms with van der Waals surface area (Å²) in [5.74, 6) is 1.77. The first kappa shape index (κ1) is 15.9. The first-order valence-electron chi connectivity index (χ1n) is 7.99. The molecule has 2 atom stereocenters. The van der Waals surface area contributed by atoms with Crippen molar-refractivity contribution in [3.63, 3.8) is 0 Å². The predicted octanol–water partition coefficient (Wildman–Crippen LogP) is 2.94. The minimum Gasteiger partial charge on any atom is -0.344 e. The van der Waals surface area contributed by atoms with E-state index < -0.39 is 6.29 Å². The van der Waals surface area contributed by atoms with Crippen LogP contribution in [0.1, 0.15) is 48.7 Å². The van der Waals surface area contributed by atoms with E-state index in [-0.39, 0.29) is 5.91 Å². The van der Waals surface area contributed by atoms with E-state index in [4.69, 9.17) is 9.47 Å². The Morgan fingerprint density at radius 3 is 2.55 bits per heavy atom. The summed E-state index contributed by atoms with van der Waals surface area (Å²) in [5, 5.41) is 0.739. The van der Waals surface area contributed by atoms with E-state index in [1.165, 1.54) is 11.3 Å². The van der Waals surface area contributed by atoms with E-state index in [9.17, 15) is 4.79 Å². The van der Waals surface area contributed by atoms with E-state index >= 15 is 0 Å². The van der Waals surface area contributed by atoms with Gasteiger partial charge in [-0.15, -0.1) is 11.3 Å². The van der Waals surface area contributed by atoms with Crippen LogP contribution in [0, 0.1) is 17.8 Å². The number of carbonyl (C=O) groups is 1. The molecule has 0 radical (unpaired) electrons. The molecular formula is C16H24N2O3S. The van der Waals surface area contributed by atoms with Crippen LogP contribution >= 0.6 is 11.3 Å². The molecule has 0 spiro atoms. The molecule has 0 N–H and O–H groups in total. The Labute approximate surface area is 135 Å². The number of thiazole rings is 1. The highest BCUT2D eigenvalue weighted by Crippen LogP contribution is 2.38. The minimum absolute atomic E-state index is 0.0948. The number of hydrogen-bond donors (Lipinski definition) is 0. The first-order valence-corrected chi connectivity index (χ1v) is 8.80. The van der Waals surface area contributed by atoms with Crippen molar-refractivity contribution in [2.75, 3.05) is 19.8 Å². The largest absolute Gasteiger partial charge is 0.344 e. The van der Waals surface area contributed by atoms with E-state index in [0.29, 0.717) is 41.9 Å². The molecule has 1 amide bonds. The Bertz CT molecular complexity index is 537. The molecule has 2 saturated heterocycles. The molecule has 2 aliphatic rings. The van der Waals surface area contributed by atoms with Crippen LogP contribution in [0.5, 0.6) is 0 Å². The monoisotopic (exact) mass is 324 g/mol. The lowest BCUT2D eigenvalue weighted by molar-refractivity contribution is -0.0442. The third-order valence-electron chi connectivity index (χ3n) is 4.56. The number of hydrogen-bond acceptors (Lipinski definition) is 5. The summed E-state index contributed by atoms with van der Waals surface area (Å²) in [7, 11) is 0. The fraction of sp³-hybridized carbons (Fsp3) is 0.750. The summed E-state index contributed by atoms with van der Waals surface area (Å²) < 4.78 is 10.9. The van der Waals surface area contributed by atoms with Crippen LogP contribution < -0.4 is 0 Å². The summed E-state index contributed by atoms with van der Waals surface area (Å²) in [4.78, 5) is 19.7. The third-order valence-corrected chi connectivity index (χ3v) is 5.57. The fourth-order valence-electron chi connectivity index (χ4n) is 3.37. The van der Waals surface area contributed by atoms with Gasteiger partial charge in [0.2, 0.25) is 6.29 Å². The van der Waals surface area contributed by atoms with Crippen molar-refractivity contribution in [2.24, 2.45) is 17.8 Å². The molecule has 0 aliphatic carbocycles. The number of ether oxygens (including phenoxy) is 2. The second kappa shape index (κ2) is 6.26. The van der Waals surface area contributed by atoms with Crippen LogP contribution in [0.3, 0.4) is 0 Å². The number of carbonyl (C=O) groups excluding carboxylic acids is 1. The van der Waals surface area contributed by atoms with Crippen molar-refractivity contribution in [3.05, 3.63) is 16.1 Å². The van der Waals surface area contributed by atoms with E-state index in [0.717, 1.165) is 11.6 Å². The zero-order valence-electron chi connectivity index (χ0n) is 13.6. The molecule has 122 valence electrons. The standard InChI is InChI=1S/C16H24N2O3S/c1-9(2)11-8-18(13(11)10(3)4)15(19)12-7-17-14(22-12)16-20-5-6-21-16/h7,9-11,13,16H,5-6,8H2,1-4H3/t11-,13+/m0/s1. The maximum absolute atomic E-state index is 12.8. The molecule has 0 saturated carbocycles. The first-order chi connectivity index (χ1) is 10.5. The third kappa shape index (κ3) is 2.79. The molecular weight excluding hydrogens is 300 g/mol. The highest BCUT2D eigenvalue weighted by molar-refractivity contribution is 7.13. The number of likely N-dealkylation sites (tertiary alicyclic amines) is 1. The predicted molar refractivity (Wildman–Crippen MR) is 84.7 cm³/mol.